The van der Waals surface area contributed by atoms with Crippen molar-refractivity contribution >= 4 is 35.5 Å². The standard InChI is InChI=1S/C17H19N3O7S/c1-8(21)26-6-9-7-28-16-13(15(23)20(16)14(9)17(24)25)19-12(22)4-10-2-3-11(5-18)27-10/h2-3,13,16H,4-7,18H2,1H3,(H,19,22)(H,24,25)/t13-,16+/m1/s1. The van der Waals surface area contributed by atoms with E-state index in [0.717, 1.165) is 4.90 Å². The van der Waals surface area contributed by atoms with E-state index in [1.54, 1.807) is 12.1 Å². The number of rotatable bonds is 7. The van der Waals surface area contributed by atoms with Crippen LogP contribution >= 0.6 is 11.8 Å². The van der Waals surface area contributed by atoms with Gasteiger partial charge >= 0.3 is 11.9 Å². The number of carboxylic acid groups (broad SMARTS) is 1. The third kappa shape index (κ3) is 3.90. The average molecular weight is 409 g/mol. The van der Waals surface area contributed by atoms with Gasteiger partial charge in [-0.3, -0.25) is 19.3 Å². The van der Waals surface area contributed by atoms with Crippen LogP contribution in [0.4, 0.5) is 0 Å². The monoisotopic (exact) mass is 409 g/mol. The highest BCUT2D eigenvalue weighted by Crippen LogP contribution is 2.40. The molecule has 11 heteroatoms. The highest BCUT2D eigenvalue weighted by molar-refractivity contribution is 8.00. The second-order valence-corrected chi connectivity index (χ2v) is 7.35. The Kier molecular flexibility index (Phi) is 5.75. The lowest BCUT2D eigenvalue weighted by molar-refractivity contribution is -0.151. The van der Waals surface area contributed by atoms with E-state index in [-0.39, 0.29) is 31.0 Å². The number of furan rings is 1. The van der Waals surface area contributed by atoms with Crippen molar-refractivity contribution in [1.29, 1.82) is 0 Å². The molecule has 1 aromatic rings. The first kappa shape index (κ1) is 20.0. The smallest absolute Gasteiger partial charge is 0.352 e. The van der Waals surface area contributed by atoms with Crippen molar-refractivity contribution in [1.82, 2.24) is 10.2 Å². The van der Waals surface area contributed by atoms with Crippen LogP contribution in [0, 0.1) is 0 Å². The summed E-state index contributed by atoms with van der Waals surface area (Å²) in [5.74, 6) is -1.52. The predicted octanol–water partition coefficient (Wildman–Crippen LogP) is -0.417. The molecular weight excluding hydrogens is 390 g/mol. The van der Waals surface area contributed by atoms with Gasteiger partial charge in [-0.05, 0) is 12.1 Å². The van der Waals surface area contributed by atoms with Crippen LogP contribution in [0.25, 0.3) is 0 Å². The Balaban J connectivity index is 1.66. The summed E-state index contributed by atoms with van der Waals surface area (Å²) < 4.78 is 10.2. The van der Waals surface area contributed by atoms with Crippen molar-refractivity contribution in [2.45, 2.75) is 31.3 Å². The summed E-state index contributed by atoms with van der Waals surface area (Å²) >= 11 is 1.30. The molecule has 0 radical (unpaired) electrons. The van der Waals surface area contributed by atoms with Gasteiger partial charge in [0.15, 0.2) is 0 Å². The number of nitrogens with one attached hydrogen (secondary N) is 1. The van der Waals surface area contributed by atoms with Gasteiger partial charge in [0.05, 0.1) is 13.0 Å². The van der Waals surface area contributed by atoms with Crippen molar-refractivity contribution in [2.75, 3.05) is 12.4 Å². The van der Waals surface area contributed by atoms with E-state index >= 15 is 0 Å². The van der Waals surface area contributed by atoms with Crippen LogP contribution < -0.4 is 11.1 Å². The second-order valence-electron chi connectivity index (χ2n) is 6.24. The van der Waals surface area contributed by atoms with Gasteiger partial charge in [0.1, 0.15) is 35.2 Å². The molecular formula is C17H19N3O7S. The normalized spacial score (nSPS) is 21.1. The zero-order valence-corrected chi connectivity index (χ0v) is 15.8. The molecule has 150 valence electrons. The van der Waals surface area contributed by atoms with Crippen LogP contribution in [0.2, 0.25) is 0 Å². The molecule has 3 rings (SSSR count). The maximum atomic E-state index is 12.5. The summed E-state index contributed by atoms with van der Waals surface area (Å²) in [6, 6.07) is 2.48. The maximum Gasteiger partial charge on any atom is 0.352 e. The maximum absolute atomic E-state index is 12.5. The Morgan fingerprint density at radius 3 is 2.71 bits per heavy atom. The van der Waals surface area contributed by atoms with Gasteiger partial charge in [0.2, 0.25) is 5.91 Å². The highest BCUT2D eigenvalue weighted by Gasteiger charge is 2.54. The molecule has 0 spiro atoms. The largest absolute Gasteiger partial charge is 0.477 e. The molecule has 2 aliphatic heterocycles. The van der Waals surface area contributed by atoms with Crippen LogP contribution in [0.1, 0.15) is 18.4 Å². The number of nitrogens with two attached hydrogens (primary N) is 1. The van der Waals surface area contributed by atoms with Gasteiger partial charge in [-0.15, -0.1) is 11.8 Å². The van der Waals surface area contributed by atoms with E-state index in [1.165, 1.54) is 18.7 Å². The lowest BCUT2D eigenvalue weighted by Gasteiger charge is -2.49. The Hall–Kier alpha value is -2.79. The molecule has 0 bridgehead atoms. The van der Waals surface area contributed by atoms with Gasteiger partial charge in [-0.1, -0.05) is 0 Å². The zero-order valence-electron chi connectivity index (χ0n) is 15.0. The molecule has 0 saturated carbocycles. The van der Waals surface area contributed by atoms with Crippen molar-refractivity contribution in [3.05, 3.63) is 34.9 Å². The van der Waals surface area contributed by atoms with E-state index in [9.17, 15) is 24.3 Å². The molecule has 2 amide bonds. The minimum absolute atomic E-state index is 0.0551. The summed E-state index contributed by atoms with van der Waals surface area (Å²) in [5, 5.41) is 11.6. The topological polar surface area (TPSA) is 152 Å². The number of hydrogen-bond acceptors (Lipinski definition) is 8. The summed E-state index contributed by atoms with van der Waals surface area (Å²) in [4.78, 5) is 48.5. The average Bonchev–Trinajstić information content (AvgIpc) is 3.10. The van der Waals surface area contributed by atoms with Gasteiger partial charge in [-0.2, -0.15) is 0 Å². The van der Waals surface area contributed by atoms with E-state index in [2.05, 4.69) is 5.32 Å². The van der Waals surface area contributed by atoms with E-state index in [1.807, 2.05) is 0 Å². The fraction of sp³-hybridized carbons (Fsp3) is 0.412. The third-order valence-electron chi connectivity index (χ3n) is 4.27. The number of fused-ring (bicyclic) bond motifs is 1. The number of thioether (sulfide) groups is 1. The number of carbonyl (C=O) groups excluding carboxylic acids is 3. The van der Waals surface area contributed by atoms with E-state index in [0.29, 0.717) is 17.1 Å². The molecule has 3 heterocycles. The van der Waals surface area contributed by atoms with Crippen molar-refractivity contribution < 1.29 is 33.4 Å². The number of hydrogen-bond donors (Lipinski definition) is 3. The Bertz CT molecular complexity index is 863. The summed E-state index contributed by atoms with van der Waals surface area (Å²) in [6.07, 6.45) is -0.0551. The van der Waals surface area contributed by atoms with Gasteiger partial charge < -0.3 is 25.3 Å². The fourth-order valence-electron chi connectivity index (χ4n) is 2.99. The van der Waals surface area contributed by atoms with Crippen molar-refractivity contribution in [3.63, 3.8) is 0 Å². The first-order chi connectivity index (χ1) is 13.3. The number of carboxylic acids is 1. The van der Waals surface area contributed by atoms with Gasteiger partial charge in [0.25, 0.3) is 5.91 Å². The van der Waals surface area contributed by atoms with Crippen LogP contribution in [-0.2, 0) is 36.9 Å². The van der Waals surface area contributed by atoms with E-state index < -0.39 is 35.2 Å². The Morgan fingerprint density at radius 2 is 2.11 bits per heavy atom. The highest BCUT2D eigenvalue weighted by atomic mass is 32.2. The molecule has 0 aromatic carbocycles. The van der Waals surface area contributed by atoms with Gasteiger partial charge in [0, 0.05) is 18.2 Å². The number of nitrogens with zero attached hydrogens (tertiary/aromatic N) is 1. The molecule has 0 unspecified atom stereocenters. The van der Waals surface area contributed by atoms with Gasteiger partial charge in [-0.25, -0.2) is 4.79 Å². The lowest BCUT2D eigenvalue weighted by Crippen LogP contribution is -2.70. The SMILES string of the molecule is CC(=O)OCC1=C(C(=O)O)N2C(=O)[C@@H](NC(=O)Cc3ccc(CN)o3)[C@@H]2SC1. The first-order valence-electron chi connectivity index (χ1n) is 8.42. The number of amides is 2. The molecule has 0 aliphatic carbocycles. The first-order valence-corrected chi connectivity index (χ1v) is 9.47. The predicted molar refractivity (Wildman–Crippen MR) is 96.6 cm³/mol. The zero-order chi connectivity index (χ0) is 20.4. The molecule has 1 saturated heterocycles. The molecule has 2 aliphatic rings. The minimum atomic E-state index is -1.28. The number of aliphatic carboxylic acids is 1. The van der Waals surface area contributed by atoms with Crippen molar-refractivity contribution in [3.8, 4) is 0 Å². The lowest BCUT2D eigenvalue weighted by atomic mass is 10.0. The second kappa shape index (κ2) is 8.07. The number of ether oxygens (including phenoxy) is 1. The summed E-state index contributed by atoms with van der Waals surface area (Å²) in [5.41, 5.74) is 5.60. The third-order valence-corrected chi connectivity index (χ3v) is 5.61. The van der Waals surface area contributed by atoms with Crippen molar-refractivity contribution in [2.24, 2.45) is 5.73 Å². The Morgan fingerprint density at radius 1 is 1.39 bits per heavy atom. The van der Waals surface area contributed by atoms with Crippen LogP contribution in [0.3, 0.4) is 0 Å². The molecule has 1 fully saturated rings. The summed E-state index contributed by atoms with van der Waals surface area (Å²) in [6.45, 7) is 1.24. The number of esters is 1. The summed E-state index contributed by atoms with van der Waals surface area (Å²) in [7, 11) is 0. The molecule has 2 atom stereocenters. The van der Waals surface area contributed by atoms with Crippen LogP contribution in [0.15, 0.2) is 27.8 Å². The number of carbonyl (C=O) groups is 4. The number of β-lactam (4-membered cyclic amide) rings is 1. The molecule has 28 heavy (non-hydrogen) atoms. The van der Waals surface area contributed by atoms with E-state index in [4.69, 9.17) is 14.9 Å². The minimum Gasteiger partial charge on any atom is -0.477 e. The van der Waals surface area contributed by atoms with Crippen LogP contribution in [0.5, 0.6) is 0 Å². The Labute approximate surface area is 164 Å². The quantitative estimate of drug-likeness (QED) is 0.403. The van der Waals surface area contributed by atoms with Crippen LogP contribution in [-0.4, -0.2) is 57.5 Å². The molecule has 4 N–H and O–H groups in total. The fourth-order valence-corrected chi connectivity index (χ4v) is 4.32. The molecule has 1 aromatic heterocycles. The molecule has 10 nitrogen and oxygen atoms in total.